The number of esters is 1. The highest BCUT2D eigenvalue weighted by atomic mass is 79.9. The lowest BCUT2D eigenvalue weighted by molar-refractivity contribution is -0.158. The van der Waals surface area contributed by atoms with Gasteiger partial charge in [-0.15, -0.1) is 0 Å². The van der Waals surface area contributed by atoms with Crippen molar-refractivity contribution in [2.75, 3.05) is 13.1 Å². The van der Waals surface area contributed by atoms with Crippen molar-refractivity contribution >= 4 is 27.8 Å². The third kappa shape index (κ3) is 4.44. The number of amides is 1. The van der Waals surface area contributed by atoms with Crippen LogP contribution >= 0.6 is 15.9 Å². The molecule has 1 aliphatic rings. The first-order valence-electron chi connectivity index (χ1n) is 6.34. The molecular weight excluding hydrogens is 298 g/mol. The molecule has 0 N–H and O–H groups in total. The van der Waals surface area contributed by atoms with Crippen molar-refractivity contribution in [3.63, 3.8) is 0 Å². The van der Waals surface area contributed by atoms with Gasteiger partial charge >= 0.3 is 5.97 Å². The highest BCUT2D eigenvalue weighted by Crippen LogP contribution is 2.14. The maximum atomic E-state index is 11.9. The third-order valence-electron chi connectivity index (χ3n) is 2.84. The number of carbonyl (C=O) groups is 2. The van der Waals surface area contributed by atoms with E-state index in [1.807, 2.05) is 12.2 Å². The lowest BCUT2D eigenvalue weighted by Crippen LogP contribution is -2.39. The topological polar surface area (TPSA) is 46.6 Å². The summed E-state index contributed by atoms with van der Waals surface area (Å²) in [4.78, 5) is 25.0. The molecule has 0 saturated heterocycles. The third-order valence-corrected chi connectivity index (χ3v) is 3.67. The second-order valence-corrected chi connectivity index (χ2v) is 5.51. The molecule has 1 rings (SSSR count). The van der Waals surface area contributed by atoms with E-state index in [0.717, 1.165) is 19.3 Å². The van der Waals surface area contributed by atoms with Crippen LogP contribution in [-0.4, -0.2) is 40.8 Å². The molecule has 0 saturated carbocycles. The quantitative estimate of drug-likeness (QED) is 0.429. The van der Waals surface area contributed by atoms with Crippen molar-refractivity contribution in [1.82, 2.24) is 4.90 Å². The van der Waals surface area contributed by atoms with Crippen molar-refractivity contribution in [1.29, 1.82) is 0 Å². The average Bonchev–Trinajstić information content (AvgIpc) is 2.88. The number of hydrogen-bond donors (Lipinski definition) is 0. The molecule has 0 aromatic carbocycles. The molecule has 1 amide bonds. The van der Waals surface area contributed by atoms with Gasteiger partial charge in [0.2, 0.25) is 0 Å². The zero-order valence-electron chi connectivity index (χ0n) is 10.9. The van der Waals surface area contributed by atoms with Crippen LogP contribution in [-0.2, 0) is 14.3 Å². The van der Waals surface area contributed by atoms with Crippen LogP contribution in [0.1, 0.15) is 33.1 Å². The van der Waals surface area contributed by atoms with Gasteiger partial charge < -0.3 is 9.64 Å². The zero-order chi connectivity index (χ0) is 13.5. The first kappa shape index (κ1) is 15.2. The first-order valence-corrected chi connectivity index (χ1v) is 7.26. The van der Waals surface area contributed by atoms with E-state index in [9.17, 15) is 9.59 Å². The molecule has 0 spiro atoms. The molecule has 2 atom stereocenters. The van der Waals surface area contributed by atoms with E-state index in [0.29, 0.717) is 13.1 Å². The monoisotopic (exact) mass is 317 g/mol. The fourth-order valence-corrected chi connectivity index (χ4v) is 2.15. The van der Waals surface area contributed by atoms with Crippen molar-refractivity contribution in [2.45, 2.75) is 44.0 Å². The molecule has 4 nitrogen and oxygen atoms in total. The predicted octanol–water partition coefficient (Wildman–Crippen LogP) is 2.27. The van der Waals surface area contributed by atoms with Gasteiger partial charge in [0.25, 0.3) is 5.91 Å². The Hall–Kier alpha value is -0.840. The summed E-state index contributed by atoms with van der Waals surface area (Å²) >= 11 is 3.29. The van der Waals surface area contributed by atoms with Crippen molar-refractivity contribution in [2.24, 2.45) is 0 Å². The Morgan fingerprint density at radius 2 is 2.00 bits per heavy atom. The normalized spacial score (nSPS) is 17.6. The molecule has 0 fully saturated rings. The number of carbonyl (C=O) groups excluding carboxylic acids is 2. The minimum atomic E-state index is -0.709. The second-order valence-electron chi connectivity index (χ2n) is 4.40. The molecule has 102 valence electrons. The predicted molar refractivity (Wildman–Crippen MR) is 73.5 cm³/mol. The average molecular weight is 318 g/mol. The Bertz CT molecular complexity index is 322. The summed E-state index contributed by atoms with van der Waals surface area (Å²) in [6.45, 7) is 4.90. The minimum absolute atomic E-state index is 0.136. The summed E-state index contributed by atoms with van der Waals surface area (Å²) in [5.74, 6) is -0.486. The fourth-order valence-electron chi connectivity index (χ4n) is 1.71. The van der Waals surface area contributed by atoms with E-state index in [1.54, 1.807) is 11.8 Å². The van der Waals surface area contributed by atoms with Gasteiger partial charge in [-0.25, -0.2) is 0 Å². The molecule has 0 aromatic rings. The summed E-state index contributed by atoms with van der Waals surface area (Å²) in [7, 11) is 0. The van der Waals surface area contributed by atoms with Gasteiger partial charge in [-0.2, -0.15) is 0 Å². The molecule has 0 aromatic heterocycles. The summed E-state index contributed by atoms with van der Waals surface area (Å²) < 4.78 is 5.18. The minimum Gasteiger partial charge on any atom is -0.452 e. The Kier molecular flexibility index (Phi) is 6.39. The van der Waals surface area contributed by atoms with E-state index < -0.39 is 6.10 Å². The maximum Gasteiger partial charge on any atom is 0.320 e. The molecule has 18 heavy (non-hydrogen) atoms. The standard InChI is InChI=1S/C13H20BrNO3/c1-3-4-7-11(14)13(17)18-10(2)12(16)15-8-5-6-9-15/h5-6,10-11H,3-4,7-9H2,1-2H3/t10-,11?/m0/s1. The fraction of sp³-hybridized carbons (Fsp3) is 0.692. The molecule has 5 heteroatoms. The molecule has 1 unspecified atom stereocenters. The summed E-state index contributed by atoms with van der Waals surface area (Å²) in [6, 6.07) is 0. The second kappa shape index (κ2) is 7.56. The molecule has 1 aliphatic heterocycles. The van der Waals surface area contributed by atoms with Crippen LogP contribution in [0.4, 0.5) is 0 Å². The highest BCUT2D eigenvalue weighted by Gasteiger charge is 2.26. The van der Waals surface area contributed by atoms with Gasteiger partial charge in [-0.05, 0) is 13.3 Å². The summed E-state index contributed by atoms with van der Waals surface area (Å²) in [5.41, 5.74) is 0. The van der Waals surface area contributed by atoms with Crippen LogP contribution in [0.15, 0.2) is 12.2 Å². The van der Waals surface area contributed by atoms with Crippen LogP contribution in [0.2, 0.25) is 0 Å². The van der Waals surface area contributed by atoms with Gasteiger partial charge in [0.1, 0.15) is 4.83 Å². The Morgan fingerprint density at radius 3 is 2.56 bits per heavy atom. The number of unbranched alkanes of at least 4 members (excludes halogenated alkanes) is 1. The van der Waals surface area contributed by atoms with E-state index in [2.05, 4.69) is 22.9 Å². The highest BCUT2D eigenvalue weighted by molar-refractivity contribution is 9.10. The van der Waals surface area contributed by atoms with Gasteiger partial charge in [-0.1, -0.05) is 47.8 Å². The van der Waals surface area contributed by atoms with E-state index >= 15 is 0 Å². The van der Waals surface area contributed by atoms with E-state index in [1.165, 1.54) is 0 Å². The lowest BCUT2D eigenvalue weighted by atomic mass is 10.2. The molecule has 0 bridgehead atoms. The van der Waals surface area contributed by atoms with Crippen LogP contribution < -0.4 is 0 Å². The number of ether oxygens (including phenoxy) is 1. The molecule has 0 aliphatic carbocycles. The van der Waals surface area contributed by atoms with Crippen LogP contribution in [0, 0.1) is 0 Å². The van der Waals surface area contributed by atoms with Crippen LogP contribution in [0.3, 0.4) is 0 Å². The summed E-state index contributed by atoms with van der Waals surface area (Å²) in [6.07, 6.45) is 5.88. The number of hydrogen-bond acceptors (Lipinski definition) is 3. The Labute approximate surface area is 116 Å². The smallest absolute Gasteiger partial charge is 0.320 e. The number of alkyl halides is 1. The van der Waals surface area contributed by atoms with E-state index in [-0.39, 0.29) is 16.7 Å². The first-order chi connectivity index (χ1) is 8.56. The SMILES string of the molecule is CCCCC(Br)C(=O)O[C@@H](C)C(=O)N1CC=CC1. The molecule has 0 radical (unpaired) electrons. The Morgan fingerprint density at radius 1 is 1.39 bits per heavy atom. The van der Waals surface area contributed by atoms with Gasteiger partial charge in [0.05, 0.1) is 0 Å². The van der Waals surface area contributed by atoms with Gasteiger partial charge in [0.15, 0.2) is 6.10 Å². The number of nitrogens with zero attached hydrogens (tertiary/aromatic N) is 1. The maximum absolute atomic E-state index is 11.9. The van der Waals surface area contributed by atoms with Crippen LogP contribution in [0.25, 0.3) is 0 Å². The van der Waals surface area contributed by atoms with Gasteiger partial charge in [-0.3, -0.25) is 9.59 Å². The largest absolute Gasteiger partial charge is 0.452 e. The molecule has 1 heterocycles. The van der Waals surface area contributed by atoms with Crippen molar-refractivity contribution in [3.05, 3.63) is 12.2 Å². The summed E-state index contributed by atoms with van der Waals surface area (Å²) in [5, 5.41) is 0. The van der Waals surface area contributed by atoms with Crippen molar-refractivity contribution in [3.8, 4) is 0 Å². The lowest BCUT2D eigenvalue weighted by Gasteiger charge is -2.21. The van der Waals surface area contributed by atoms with E-state index in [4.69, 9.17) is 4.74 Å². The molecular formula is C13H20BrNO3. The van der Waals surface area contributed by atoms with Crippen LogP contribution in [0.5, 0.6) is 0 Å². The number of halogens is 1. The van der Waals surface area contributed by atoms with Gasteiger partial charge in [0, 0.05) is 13.1 Å². The van der Waals surface area contributed by atoms with Crippen molar-refractivity contribution < 1.29 is 14.3 Å². The Balaban J connectivity index is 2.36. The number of rotatable bonds is 6. The zero-order valence-corrected chi connectivity index (χ0v) is 12.5.